The maximum absolute atomic E-state index is 12.9. The molecule has 0 saturated carbocycles. The highest BCUT2D eigenvalue weighted by Gasteiger charge is 2.18. The number of nitrogen functional groups attached to an aromatic ring is 1. The fraction of sp³-hybridized carbons (Fsp3) is 0.280. The highest BCUT2D eigenvalue weighted by atomic mass is 32.1. The van der Waals surface area contributed by atoms with Crippen LogP contribution in [-0.2, 0) is 0 Å². The van der Waals surface area contributed by atoms with Crippen LogP contribution in [0.25, 0.3) is 20.8 Å². The molecule has 0 atom stereocenters. The van der Waals surface area contributed by atoms with Crippen LogP contribution < -0.4 is 15.8 Å². The van der Waals surface area contributed by atoms with Crippen molar-refractivity contribution in [2.45, 2.75) is 0 Å². The monoisotopic (exact) mass is 493 g/mol. The van der Waals surface area contributed by atoms with Crippen LogP contribution in [-0.4, -0.2) is 67.1 Å². The number of nitrogens with zero attached hydrogens (tertiary/aromatic N) is 3. The number of ether oxygens (including phenoxy) is 1. The fourth-order valence-corrected chi connectivity index (χ4v) is 5.60. The van der Waals surface area contributed by atoms with Gasteiger partial charge in [0.15, 0.2) is 0 Å². The number of carbonyl (C=O) groups is 1. The molecule has 1 aliphatic heterocycles. The van der Waals surface area contributed by atoms with Crippen LogP contribution in [0.15, 0.2) is 53.9 Å². The van der Waals surface area contributed by atoms with E-state index >= 15 is 0 Å². The average Bonchev–Trinajstić information content (AvgIpc) is 3.50. The predicted molar refractivity (Wildman–Crippen MR) is 141 cm³/mol. The molecule has 176 valence electrons. The van der Waals surface area contributed by atoms with Crippen molar-refractivity contribution >= 4 is 50.2 Å². The van der Waals surface area contributed by atoms with Gasteiger partial charge in [-0.3, -0.25) is 9.69 Å². The Hall–Kier alpha value is -2.98. The van der Waals surface area contributed by atoms with Gasteiger partial charge in [0.2, 0.25) is 0 Å². The zero-order valence-electron chi connectivity index (χ0n) is 19.0. The maximum atomic E-state index is 12.9. The molecule has 3 aromatic heterocycles. The summed E-state index contributed by atoms with van der Waals surface area (Å²) in [4.78, 5) is 24.7. The summed E-state index contributed by atoms with van der Waals surface area (Å²) < 4.78 is 5.89. The number of nitrogens with one attached hydrogen (secondary N) is 1. The number of anilines is 2. The van der Waals surface area contributed by atoms with Crippen LogP contribution >= 0.6 is 22.7 Å². The number of carbonyl (C=O) groups excluding carboxylic acids is 1. The molecule has 0 spiro atoms. The Kier molecular flexibility index (Phi) is 6.77. The lowest BCUT2D eigenvalue weighted by Gasteiger charge is -2.32. The third kappa shape index (κ3) is 5.07. The summed E-state index contributed by atoms with van der Waals surface area (Å²) >= 11 is 2.95. The number of piperazine rings is 1. The molecular weight excluding hydrogens is 466 g/mol. The Morgan fingerprint density at radius 3 is 2.65 bits per heavy atom. The van der Waals surface area contributed by atoms with Gasteiger partial charge in [-0.05, 0) is 54.9 Å². The molecule has 1 aromatic carbocycles. The highest BCUT2D eigenvalue weighted by Crippen LogP contribution is 2.35. The number of rotatable bonds is 7. The van der Waals surface area contributed by atoms with E-state index < -0.39 is 0 Å². The van der Waals surface area contributed by atoms with Gasteiger partial charge >= 0.3 is 0 Å². The molecule has 1 aliphatic rings. The van der Waals surface area contributed by atoms with E-state index in [9.17, 15) is 4.79 Å². The van der Waals surface area contributed by atoms with E-state index in [-0.39, 0.29) is 5.91 Å². The Bertz CT molecular complexity index is 1260. The largest absolute Gasteiger partial charge is 0.492 e. The molecule has 0 radical (unpaired) electrons. The second-order valence-corrected chi connectivity index (χ2v) is 10.3. The molecular formula is C25H27N5O2S2. The van der Waals surface area contributed by atoms with E-state index in [2.05, 4.69) is 22.2 Å². The fourth-order valence-electron chi connectivity index (χ4n) is 3.91. The minimum absolute atomic E-state index is 0.234. The molecule has 0 unspecified atom stereocenters. The average molecular weight is 494 g/mol. The first kappa shape index (κ1) is 22.8. The number of benzene rings is 1. The lowest BCUT2D eigenvalue weighted by atomic mass is 10.2. The number of fused-ring (bicyclic) bond motifs is 1. The van der Waals surface area contributed by atoms with Crippen LogP contribution in [0.1, 0.15) is 9.67 Å². The second kappa shape index (κ2) is 10.1. The SMILES string of the molecule is CN1CCN(CCOc2ccc(NC(=O)c3sc4nc(-c5cccs5)ccc4c3N)cc2)CC1. The van der Waals surface area contributed by atoms with Crippen LogP contribution in [0.3, 0.4) is 0 Å². The summed E-state index contributed by atoms with van der Waals surface area (Å²) in [6.45, 7) is 5.93. The summed E-state index contributed by atoms with van der Waals surface area (Å²) in [6.07, 6.45) is 0. The first-order valence-corrected chi connectivity index (χ1v) is 12.9. The molecule has 9 heteroatoms. The summed E-state index contributed by atoms with van der Waals surface area (Å²) in [5.74, 6) is 0.556. The van der Waals surface area contributed by atoms with Gasteiger partial charge in [-0.2, -0.15) is 0 Å². The summed E-state index contributed by atoms with van der Waals surface area (Å²) in [6, 6.07) is 15.4. The molecule has 7 nitrogen and oxygen atoms in total. The van der Waals surface area contributed by atoms with Gasteiger partial charge in [0.25, 0.3) is 5.91 Å². The van der Waals surface area contributed by atoms with Crippen molar-refractivity contribution in [2.24, 2.45) is 0 Å². The number of hydrogen-bond donors (Lipinski definition) is 2. The first-order chi connectivity index (χ1) is 16.6. The van der Waals surface area contributed by atoms with Gasteiger partial charge in [0, 0.05) is 43.8 Å². The predicted octanol–water partition coefficient (Wildman–Crippen LogP) is 4.49. The van der Waals surface area contributed by atoms with Crippen LogP contribution in [0.4, 0.5) is 11.4 Å². The Morgan fingerprint density at radius 1 is 1.12 bits per heavy atom. The van der Waals surface area contributed by atoms with Gasteiger partial charge in [0.05, 0.1) is 16.3 Å². The van der Waals surface area contributed by atoms with Crippen molar-refractivity contribution < 1.29 is 9.53 Å². The van der Waals surface area contributed by atoms with E-state index in [1.165, 1.54) is 11.3 Å². The minimum Gasteiger partial charge on any atom is -0.492 e. The number of thiophene rings is 2. The molecule has 0 bridgehead atoms. The Morgan fingerprint density at radius 2 is 1.91 bits per heavy atom. The van der Waals surface area contributed by atoms with Gasteiger partial charge in [-0.1, -0.05) is 6.07 Å². The number of likely N-dealkylation sites (N-methyl/N-ethyl adjacent to an activating group) is 1. The van der Waals surface area contributed by atoms with Gasteiger partial charge in [0.1, 0.15) is 22.1 Å². The summed E-state index contributed by atoms with van der Waals surface area (Å²) in [5, 5.41) is 5.76. The quantitative estimate of drug-likeness (QED) is 0.395. The zero-order valence-corrected chi connectivity index (χ0v) is 20.6. The van der Waals surface area contributed by atoms with Crippen molar-refractivity contribution in [3.05, 3.63) is 58.8 Å². The van der Waals surface area contributed by atoms with Crippen LogP contribution in [0.2, 0.25) is 0 Å². The third-order valence-corrected chi connectivity index (χ3v) is 7.96. The molecule has 5 rings (SSSR count). The van der Waals surface area contributed by atoms with Crippen molar-refractivity contribution in [1.82, 2.24) is 14.8 Å². The topological polar surface area (TPSA) is 83.7 Å². The van der Waals surface area contributed by atoms with E-state index in [4.69, 9.17) is 15.5 Å². The van der Waals surface area contributed by atoms with Gasteiger partial charge < -0.3 is 20.7 Å². The number of hydrogen-bond acceptors (Lipinski definition) is 8. The molecule has 4 aromatic rings. The molecule has 4 heterocycles. The molecule has 1 saturated heterocycles. The number of amides is 1. The van der Waals surface area contributed by atoms with Gasteiger partial charge in [-0.25, -0.2) is 4.98 Å². The number of nitrogens with two attached hydrogens (primary N) is 1. The summed E-state index contributed by atoms with van der Waals surface area (Å²) in [5.41, 5.74) is 8.34. The summed E-state index contributed by atoms with van der Waals surface area (Å²) in [7, 11) is 2.16. The highest BCUT2D eigenvalue weighted by molar-refractivity contribution is 7.21. The van der Waals surface area contributed by atoms with Gasteiger partial charge in [-0.15, -0.1) is 22.7 Å². The Balaban J connectivity index is 1.20. The van der Waals surface area contributed by atoms with Crippen molar-refractivity contribution in [2.75, 3.05) is 57.4 Å². The molecule has 1 fully saturated rings. The molecule has 0 aliphatic carbocycles. The van der Waals surface area contributed by atoms with E-state index in [0.29, 0.717) is 22.9 Å². The minimum atomic E-state index is -0.234. The molecule has 3 N–H and O–H groups in total. The molecule has 1 amide bonds. The second-order valence-electron chi connectivity index (χ2n) is 8.34. The van der Waals surface area contributed by atoms with E-state index in [0.717, 1.165) is 59.3 Å². The molecule has 34 heavy (non-hydrogen) atoms. The number of aromatic nitrogens is 1. The van der Waals surface area contributed by atoms with Crippen LogP contribution in [0.5, 0.6) is 5.75 Å². The number of pyridine rings is 1. The smallest absolute Gasteiger partial charge is 0.267 e. The van der Waals surface area contributed by atoms with Crippen molar-refractivity contribution in [3.8, 4) is 16.3 Å². The maximum Gasteiger partial charge on any atom is 0.267 e. The van der Waals surface area contributed by atoms with Crippen LogP contribution in [0, 0.1) is 0 Å². The van der Waals surface area contributed by atoms with Crippen molar-refractivity contribution in [1.29, 1.82) is 0 Å². The standard InChI is InChI=1S/C25H27N5O2S2/c1-29-10-12-30(13-11-29)14-15-32-18-6-4-17(5-7-18)27-24(31)23-22(26)19-8-9-20(28-25(19)34-23)21-3-2-16-33-21/h2-9,16H,10-15,26H2,1H3,(H,27,31). The van der Waals surface area contributed by atoms with Crippen molar-refractivity contribution in [3.63, 3.8) is 0 Å². The lowest BCUT2D eigenvalue weighted by Crippen LogP contribution is -2.45. The van der Waals surface area contributed by atoms with E-state index in [1.807, 2.05) is 53.9 Å². The third-order valence-electron chi connectivity index (χ3n) is 5.96. The normalized spacial score (nSPS) is 15.0. The first-order valence-electron chi connectivity index (χ1n) is 11.2. The lowest BCUT2D eigenvalue weighted by molar-refractivity contribution is 0.103. The Labute approximate surface area is 206 Å². The van der Waals surface area contributed by atoms with E-state index in [1.54, 1.807) is 11.3 Å². The zero-order chi connectivity index (χ0) is 23.5.